The van der Waals surface area contributed by atoms with Crippen LogP contribution >= 0.6 is 15.9 Å². The Morgan fingerprint density at radius 3 is 2.90 bits per heavy atom. The summed E-state index contributed by atoms with van der Waals surface area (Å²) >= 11 is 3.44. The molecule has 2 rings (SSSR count). The predicted octanol–water partition coefficient (Wildman–Crippen LogP) is 3.57. The molecule has 1 atom stereocenters. The molecule has 1 aliphatic heterocycles. The quantitative estimate of drug-likeness (QED) is 0.766. The molecule has 0 amide bonds. The summed E-state index contributed by atoms with van der Waals surface area (Å²) in [5, 5.41) is 0. The van der Waals surface area contributed by atoms with Crippen molar-refractivity contribution in [3.63, 3.8) is 0 Å². The van der Waals surface area contributed by atoms with Gasteiger partial charge in [0, 0.05) is 35.4 Å². The van der Waals surface area contributed by atoms with Crippen molar-refractivity contribution in [1.82, 2.24) is 4.90 Å². The first-order valence-corrected chi connectivity index (χ1v) is 8.08. The number of hydrogen-bond donors (Lipinski definition) is 0. The molecule has 0 spiro atoms. The van der Waals surface area contributed by atoms with Crippen molar-refractivity contribution in [2.45, 2.75) is 32.7 Å². The Hall–Kier alpha value is -0.870. The van der Waals surface area contributed by atoms with Crippen molar-refractivity contribution in [3.05, 3.63) is 28.2 Å². The van der Waals surface area contributed by atoms with Crippen molar-refractivity contribution < 1.29 is 4.79 Å². The van der Waals surface area contributed by atoms with E-state index >= 15 is 0 Å². The van der Waals surface area contributed by atoms with E-state index in [2.05, 4.69) is 39.7 Å². The van der Waals surface area contributed by atoms with Gasteiger partial charge in [0.1, 0.15) is 0 Å². The third kappa shape index (κ3) is 3.41. The maximum Gasteiger partial charge on any atom is 0.161 e. The van der Waals surface area contributed by atoms with E-state index in [-0.39, 0.29) is 5.78 Å². The van der Waals surface area contributed by atoms with Crippen molar-refractivity contribution in [1.29, 1.82) is 0 Å². The first-order valence-electron chi connectivity index (χ1n) is 7.28. The minimum Gasteiger partial charge on any atom is -0.372 e. The van der Waals surface area contributed by atoms with E-state index in [1.54, 1.807) is 6.92 Å². The highest BCUT2D eigenvalue weighted by Gasteiger charge is 2.25. The molecular formula is C16H23BrN2O. The molecule has 0 saturated carbocycles. The van der Waals surface area contributed by atoms with Crippen LogP contribution in [0.3, 0.4) is 0 Å². The summed E-state index contributed by atoms with van der Waals surface area (Å²) in [7, 11) is 2.09. The maximum absolute atomic E-state index is 11.8. The third-order valence-electron chi connectivity index (χ3n) is 4.14. The molecule has 1 unspecified atom stereocenters. The van der Waals surface area contributed by atoms with Crippen LogP contribution in [-0.2, 0) is 0 Å². The summed E-state index contributed by atoms with van der Waals surface area (Å²) < 4.78 is 0.955. The summed E-state index contributed by atoms with van der Waals surface area (Å²) in [6, 6.07) is 6.56. The number of ketones is 1. The van der Waals surface area contributed by atoms with Crippen LogP contribution in [-0.4, -0.2) is 43.4 Å². The van der Waals surface area contributed by atoms with Crippen molar-refractivity contribution in [2.75, 3.05) is 31.6 Å². The van der Waals surface area contributed by atoms with Crippen molar-refractivity contribution in [3.8, 4) is 0 Å². The zero-order chi connectivity index (χ0) is 14.7. The summed E-state index contributed by atoms with van der Waals surface area (Å²) in [4.78, 5) is 16.6. The number of rotatable bonds is 5. The topological polar surface area (TPSA) is 23.6 Å². The second-order valence-electron chi connectivity index (χ2n) is 5.52. The van der Waals surface area contributed by atoms with Crippen LogP contribution in [0.15, 0.2) is 22.7 Å². The van der Waals surface area contributed by atoms with E-state index in [0.717, 1.165) is 28.8 Å². The van der Waals surface area contributed by atoms with Crippen LogP contribution in [0.1, 0.15) is 37.0 Å². The zero-order valence-corrected chi connectivity index (χ0v) is 14.1. The van der Waals surface area contributed by atoms with Gasteiger partial charge in [0.05, 0.1) is 0 Å². The number of benzene rings is 1. The fraction of sp³-hybridized carbons (Fsp3) is 0.562. The van der Waals surface area contributed by atoms with Crippen LogP contribution in [0.2, 0.25) is 0 Å². The average Bonchev–Trinajstić information content (AvgIpc) is 2.85. The van der Waals surface area contributed by atoms with Gasteiger partial charge in [-0.2, -0.15) is 0 Å². The summed E-state index contributed by atoms with van der Waals surface area (Å²) in [5.41, 5.74) is 1.83. The molecule has 1 saturated heterocycles. The second kappa shape index (κ2) is 6.72. The number of likely N-dealkylation sites (N-methyl/N-ethyl adjacent to an activating group) is 2. The monoisotopic (exact) mass is 338 g/mol. The molecule has 0 N–H and O–H groups in total. The van der Waals surface area contributed by atoms with Crippen molar-refractivity contribution >= 4 is 27.4 Å². The van der Waals surface area contributed by atoms with E-state index in [0.29, 0.717) is 6.04 Å². The molecule has 0 aliphatic carbocycles. The Bertz CT molecular complexity index is 489. The number of nitrogens with zero attached hydrogens (tertiary/aromatic N) is 2. The van der Waals surface area contributed by atoms with E-state index in [1.807, 2.05) is 18.2 Å². The van der Waals surface area contributed by atoms with Crippen LogP contribution in [0.4, 0.5) is 5.69 Å². The number of halogens is 1. The molecule has 1 aromatic rings. The lowest BCUT2D eigenvalue weighted by atomic mass is 10.1. The third-order valence-corrected chi connectivity index (χ3v) is 4.63. The highest BCUT2D eigenvalue weighted by molar-refractivity contribution is 9.10. The molecule has 0 radical (unpaired) electrons. The number of likely N-dealkylation sites (tertiary alicyclic amines) is 1. The molecule has 1 aliphatic rings. The van der Waals surface area contributed by atoms with Gasteiger partial charge < -0.3 is 4.90 Å². The van der Waals surface area contributed by atoms with Gasteiger partial charge >= 0.3 is 0 Å². The number of Topliss-reactive ketones (excluding diaryl/α,β-unsaturated/α-hetero) is 1. The Kier molecular flexibility index (Phi) is 5.22. The number of hydrogen-bond acceptors (Lipinski definition) is 3. The minimum absolute atomic E-state index is 0.118. The molecule has 4 heteroatoms. The van der Waals surface area contributed by atoms with E-state index in [1.165, 1.54) is 19.4 Å². The van der Waals surface area contributed by atoms with Crippen LogP contribution in [0.5, 0.6) is 0 Å². The summed E-state index contributed by atoms with van der Waals surface area (Å²) in [6.45, 7) is 7.15. The van der Waals surface area contributed by atoms with E-state index in [4.69, 9.17) is 0 Å². The maximum atomic E-state index is 11.8. The van der Waals surface area contributed by atoms with Gasteiger partial charge in [-0.15, -0.1) is 0 Å². The molecule has 3 nitrogen and oxygen atoms in total. The highest BCUT2D eigenvalue weighted by atomic mass is 79.9. The average molecular weight is 339 g/mol. The summed E-state index contributed by atoms with van der Waals surface area (Å²) in [6.07, 6.45) is 2.54. The molecule has 1 fully saturated rings. The first-order chi connectivity index (χ1) is 9.52. The van der Waals surface area contributed by atoms with Crippen LogP contribution < -0.4 is 4.90 Å². The molecular weight excluding hydrogens is 316 g/mol. The SMILES string of the molecule is CCN1CCCC1CN(C)c1ccc(Br)cc1C(C)=O. The molecule has 0 bridgehead atoms. The van der Waals surface area contributed by atoms with E-state index in [9.17, 15) is 4.79 Å². The van der Waals surface area contributed by atoms with Gasteiger partial charge in [0.2, 0.25) is 0 Å². The van der Waals surface area contributed by atoms with Gasteiger partial charge in [-0.1, -0.05) is 22.9 Å². The standard InChI is InChI=1S/C16H23BrN2O/c1-4-19-9-5-6-14(19)11-18(3)16-8-7-13(17)10-15(16)12(2)20/h7-8,10,14H,4-6,9,11H2,1-3H3. The molecule has 0 aromatic heterocycles. The lowest BCUT2D eigenvalue weighted by Gasteiger charge is -2.30. The fourth-order valence-electron chi connectivity index (χ4n) is 3.06. The lowest BCUT2D eigenvalue weighted by Crippen LogP contribution is -2.39. The fourth-order valence-corrected chi connectivity index (χ4v) is 3.42. The van der Waals surface area contributed by atoms with Crippen LogP contribution in [0, 0.1) is 0 Å². The lowest BCUT2D eigenvalue weighted by molar-refractivity contribution is 0.101. The largest absolute Gasteiger partial charge is 0.372 e. The second-order valence-corrected chi connectivity index (χ2v) is 6.44. The number of anilines is 1. The highest BCUT2D eigenvalue weighted by Crippen LogP contribution is 2.26. The smallest absolute Gasteiger partial charge is 0.161 e. The van der Waals surface area contributed by atoms with Gasteiger partial charge in [0.15, 0.2) is 5.78 Å². The molecule has 110 valence electrons. The Morgan fingerprint density at radius 2 is 2.25 bits per heavy atom. The Balaban J connectivity index is 2.16. The minimum atomic E-state index is 0.118. The van der Waals surface area contributed by atoms with Gasteiger partial charge in [-0.25, -0.2) is 0 Å². The molecule has 1 aromatic carbocycles. The van der Waals surface area contributed by atoms with Gasteiger partial charge in [0.25, 0.3) is 0 Å². The Morgan fingerprint density at radius 1 is 1.50 bits per heavy atom. The number of carbonyl (C=O) groups is 1. The normalized spacial score (nSPS) is 19.3. The number of carbonyl (C=O) groups excluding carboxylic acids is 1. The molecule has 1 heterocycles. The molecule has 20 heavy (non-hydrogen) atoms. The summed E-state index contributed by atoms with van der Waals surface area (Å²) in [5.74, 6) is 0.118. The predicted molar refractivity (Wildman–Crippen MR) is 87.7 cm³/mol. The zero-order valence-electron chi connectivity index (χ0n) is 12.5. The van der Waals surface area contributed by atoms with Gasteiger partial charge in [-0.05, 0) is 51.1 Å². The van der Waals surface area contributed by atoms with E-state index < -0.39 is 0 Å². The van der Waals surface area contributed by atoms with Crippen molar-refractivity contribution in [2.24, 2.45) is 0 Å². The van der Waals surface area contributed by atoms with Crippen LogP contribution in [0.25, 0.3) is 0 Å². The first kappa shape index (κ1) is 15.5. The Labute approximate surface area is 130 Å². The van der Waals surface area contributed by atoms with Gasteiger partial charge in [-0.3, -0.25) is 9.69 Å².